The highest BCUT2D eigenvalue weighted by Crippen LogP contribution is 2.29. The fourth-order valence-corrected chi connectivity index (χ4v) is 1.51. The van der Waals surface area contributed by atoms with Crippen LogP contribution in [0.3, 0.4) is 0 Å². The molecule has 1 aliphatic rings. The van der Waals surface area contributed by atoms with E-state index in [4.69, 9.17) is 4.74 Å². The van der Waals surface area contributed by atoms with Crippen molar-refractivity contribution in [2.45, 2.75) is 0 Å². The van der Waals surface area contributed by atoms with Crippen molar-refractivity contribution in [1.82, 2.24) is 0 Å². The van der Waals surface area contributed by atoms with Gasteiger partial charge in [0, 0.05) is 10.5 Å². The number of fused-ring (bicyclic) bond motifs is 1. The molecule has 0 spiro atoms. The molecule has 60 valence electrons. The fourth-order valence-electron chi connectivity index (χ4n) is 1.17. The number of hydrogen-bond donors (Lipinski definition) is 0. The van der Waals surface area contributed by atoms with Gasteiger partial charge in [-0.15, -0.1) is 0 Å². The van der Waals surface area contributed by atoms with Crippen molar-refractivity contribution in [2.75, 3.05) is 0 Å². The zero-order chi connectivity index (χ0) is 8.55. The Morgan fingerprint density at radius 2 is 1.92 bits per heavy atom. The highest BCUT2D eigenvalue weighted by atomic mass is 79.9. The van der Waals surface area contributed by atoms with Crippen LogP contribution in [0, 0.1) is 0 Å². The summed E-state index contributed by atoms with van der Waals surface area (Å²) in [6.45, 7) is 0. The first-order chi connectivity index (χ1) is 5.83. The Balaban J connectivity index is 2.65. The summed E-state index contributed by atoms with van der Waals surface area (Å²) >= 11 is 3.13. The number of ether oxygens (including phenoxy) is 1. The monoisotopic (exact) mass is 224 g/mol. The highest BCUT2D eigenvalue weighted by molar-refractivity contribution is 9.11. The molecule has 0 N–H and O–H groups in total. The summed E-state index contributed by atoms with van der Waals surface area (Å²) in [5, 5.41) is 0. The second kappa shape index (κ2) is 2.75. The fraction of sp³-hybridized carbons (Fsp3) is 0. The number of carbonyl (C=O) groups excluding carboxylic acids is 1. The van der Waals surface area contributed by atoms with E-state index in [2.05, 4.69) is 15.9 Å². The van der Waals surface area contributed by atoms with Gasteiger partial charge >= 0.3 is 5.97 Å². The van der Waals surface area contributed by atoms with Crippen LogP contribution in [0.1, 0.15) is 15.9 Å². The molecule has 0 radical (unpaired) electrons. The Morgan fingerprint density at radius 3 is 2.58 bits per heavy atom. The molecule has 0 saturated carbocycles. The SMILES string of the molecule is O=C1O/C(=C/Br)c2ccccc21. The molecule has 0 fully saturated rings. The number of esters is 1. The smallest absolute Gasteiger partial charge is 0.344 e. The molecule has 0 atom stereocenters. The van der Waals surface area contributed by atoms with Crippen LogP contribution in [0.4, 0.5) is 0 Å². The van der Waals surface area contributed by atoms with Gasteiger partial charge < -0.3 is 4.74 Å². The van der Waals surface area contributed by atoms with E-state index in [-0.39, 0.29) is 5.97 Å². The molecule has 1 aliphatic heterocycles. The van der Waals surface area contributed by atoms with Crippen molar-refractivity contribution in [3.8, 4) is 0 Å². The molecule has 12 heavy (non-hydrogen) atoms. The molecule has 2 rings (SSSR count). The third kappa shape index (κ3) is 0.975. The standard InChI is InChI=1S/C9H5BrO2/c10-5-8-6-3-1-2-4-7(6)9(11)12-8/h1-5H/b8-5+. The normalized spacial score (nSPS) is 17.8. The average Bonchev–Trinajstić information content (AvgIpc) is 2.44. The molecule has 0 aliphatic carbocycles. The van der Waals surface area contributed by atoms with Crippen molar-refractivity contribution >= 4 is 27.7 Å². The van der Waals surface area contributed by atoms with Gasteiger partial charge in [0.15, 0.2) is 0 Å². The minimum Gasteiger partial charge on any atom is -0.422 e. The quantitative estimate of drug-likeness (QED) is 0.634. The van der Waals surface area contributed by atoms with Gasteiger partial charge in [-0.25, -0.2) is 4.79 Å². The van der Waals surface area contributed by atoms with Crippen molar-refractivity contribution in [3.05, 3.63) is 40.4 Å². The highest BCUT2D eigenvalue weighted by Gasteiger charge is 2.24. The number of hydrogen-bond acceptors (Lipinski definition) is 2. The number of halogens is 1. The lowest BCUT2D eigenvalue weighted by molar-refractivity contribution is 0.0716. The van der Waals surface area contributed by atoms with Gasteiger partial charge in [0.05, 0.1) is 5.56 Å². The lowest BCUT2D eigenvalue weighted by Gasteiger charge is -1.92. The van der Waals surface area contributed by atoms with Crippen molar-refractivity contribution < 1.29 is 9.53 Å². The van der Waals surface area contributed by atoms with Gasteiger partial charge in [-0.05, 0) is 6.07 Å². The molecule has 0 aromatic heterocycles. The molecule has 0 amide bonds. The van der Waals surface area contributed by atoms with E-state index in [1.54, 1.807) is 11.1 Å². The number of rotatable bonds is 0. The third-order valence-corrected chi connectivity index (χ3v) is 2.13. The summed E-state index contributed by atoms with van der Waals surface area (Å²) in [5.74, 6) is 0.298. The van der Waals surface area contributed by atoms with E-state index in [0.29, 0.717) is 11.3 Å². The molecule has 1 aromatic carbocycles. The van der Waals surface area contributed by atoms with Gasteiger partial charge in [0.2, 0.25) is 0 Å². The van der Waals surface area contributed by atoms with Gasteiger partial charge in [-0.1, -0.05) is 34.1 Å². The van der Waals surface area contributed by atoms with Crippen LogP contribution in [-0.4, -0.2) is 5.97 Å². The van der Waals surface area contributed by atoms with E-state index < -0.39 is 0 Å². The Labute approximate surface area is 78.0 Å². The summed E-state index contributed by atoms with van der Waals surface area (Å²) in [4.78, 5) is 12.8. The van der Waals surface area contributed by atoms with Crippen LogP contribution in [0.15, 0.2) is 29.3 Å². The first-order valence-electron chi connectivity index (χ1n) is 3.45. The third-order valence-electron chi connectivity index (χ3n) is 1.71. The summed E-state index contributed by atoms with van der Waals surface area (Å²) in [6.07, 6.45) is 0. The van der Waals surface area contributed by atoms with Crippen molar-refractivity contribution in [1.29, 1.82) is 0 Å². The second-order valence-corrected chi connectivity index (χ2v) is 2.87. The molecular weight excluding hydrogens is 220 g/mol. The summed E-state index contributed by atoms with van der Waals surface area (Å²) < 4.78 is 4.96. The molecule has 2 nitrogen and oxygen atoms in total. The molecule has 0 saturated heterocycles. The predicted molar refractivity (Wildman–Crippen MR) is 48.8 cm³/mol. The first-order valence-corrected chi connectivity index (χ1v) is 4.36. The van der Waals surface area contributed by atoms with Crippen molar-refractivity contribution in [3.63, 3.8) is 0 Å². The summed E-state index contributed by atoms with van der Waals surface area (Å²) in [5.41, 5.74) is 1.47. The van der Waals surface area contributed by atoms with Crippen LogP contribution in [0.2, 0.25) is 0 Å². The maximum atomic E-state index is 11.2. The van der Waals surface area contributed by atoms with Crippen LogP contribution >= 0.6 is 15.9 Å². The Bertz CT molecular complexity index is 369. The number of benzene rings is 1. The minimum atomic E-state index is -0.281. The Kier molecular flexibility index (Phi) is 1.73. The zero-order valence-corrected chi connectivity index (χ0v) is 7.67. The first kappa shape index (κ1) is 7.55. The lowest BCUT2D eigenvalue weighted by Crippen LogP contribution is -1.91. The lowest BCUT2D eigenvalue weighted by atomic mass is 10.1. The van der Waals surface area contributed by atoms with E-state index in [1.807, 2.05) is 18.2 Å². The maximum absolute atomic E-state index is 11.2. The van der Waals surface area contributed by atoms with Gasteiger partial charge in [0.1, 0.15) is 5.76 Å². The van der Waals surface area contributed by atoms with Crippen LogP contribution in [0.5, 0.6) is 0 Å². The number of carbonyl (C=O) groups is 1. The Morgan fingerprint density at radius 1 is 1.25 bits per heavy atom. The van der Waals surface area contributed by atoms with E-state index in [9.17, 15) is 4.79 Å². The average molecular weight is 225 g/mol. The van der Waals surface area contributed by atoms with E-state index in [1.165, 1.54) is 0 Å². The van der Waals surface area contributed by atoms with Gasteiger partial charge in [-0.3, -0.25) is 0 Å². The topological polar surface area (TPSA) is 26.3 Å². The van der Waals surface area contributed by atoms with E-state index >= 15 is 0 Å². The van der Waals surface area contributed by atoms with Crippen molar-refractivity contribution in [2.24, 2.45) is 0 Å². The largest absolute Gasteiger partial charge is 0.422 e. The maximum Gasteiger partial charge on any atom is 0.344 e. The van der Waals surface area contributed by atoms with Gasteiger partial charge in [-0.2, -0.15) is 0 Å². The second-order valence-electron chi connectivity index (χ2n) is 2.41. The van der Waals surface area contributed by atoms with Gasteiger partial charge in [0.25, 0.3) is 0 Å². The van der Waals surface area contributed by atoms with E-state index in [0.717, 1.165) is 5.56 Å². The molecule has 0 bridgehead atoms. The molecule has 1 heterocycles. The zero-order valence-electron chi connectivity index (χ0n) is 6.08. The molecule has 1 aromatic rings. The summed E-state index contributed by atoms with van der Waals surface area (Å²) in [6, 6.07) is 7.29. The molecule has 0 unspecified atom stereocenters. The van der Waals surface area contributed by atoms with Crippen LogP contribution in [0.25, 0.3) is 5.76 Å². The van der Waals surface area contributed by atoms with Crippen LogP contribution < -0.4 is 0 Å². The molecule has 3 heteroatoms. The number of cyclic esters (lactones) is 1. The molecular formula is C9H5BrO2. The minimum absolute atomic E-state index is 0.281. The Hall–Kier alpha value is -1.09. The van der Waals surface area contributed by atoms with Crippen LogP contribution in [-0.2, 0) is 4.74 Å². The summed E-state index contributed by atoms with van der Waals surface area (Å²) in [7, 11) is 0. The predicted octanol–water partition coefficient (Wildman–Crippen LogP) is 2.55.